The number of hydrogen-bond donors (Lipinski definition) is 1. The van der Waals surface area contributed by atoms with Gasteiger partial charge in [0.15, 0.2) is 0 Å². The van der Waals surface area contributed by atoms with Gasteiger partial charge < -0.3 is 9.42 Å². The van der Waals surface area contributed by atoms with Gasteiger partial charge in [-0.25, -0.2) is 0 Å². The van der Waals surface area contributed by atoms with Crippen molar-refractivity contribution in [1.82, 2.24) is 0 Å². The van der Waals surface area contributed by atoms with E-state index in [2.05, 4.69) is 19.9 Å². The smallest absolute Gasteiger partial charge is 0.212 e. The van der Waals surface area contributed by atoms with Crippen molar-refractivity contribution in [3.05, 3.63) is 29.3 Å². The largest absolute Gasteiger partial charge is 0.450 e. The summed E-state index contributed by atoms with van der Waals surface area (Å²) in [6, 6.07) is 6.09. The van der Waals surface area contributed by atoms with E-state index in [0.29, 0.717) is 0 Å². The van der Waals surface area contributed by atoms with Crippen LogP contribution in [0.3, 0.4) is 0 Å². The van der Waals surface area contributed by atoms with Crippen molar-refractivity contribution in [2.75, 3.05) is 0 Å². The molecule has 3 heteroatoms. The number of hydrogen-bond acceptors (Lipinski definition) is 2. The van der Waals surface area contributed by atoms with Gasteiger partial charge in [0.05, 0.1) is 0 Å². The minimum Gasteiger partial charge on any atom is -0.450 e. The van der Waals surface area contributed by atoms with Crippen LogP contribution in [0.5, 0.6) is 5.75 Å². The van der Waals surface area contributed by atoms with Gasteiger partial charge in [0.2, 0.25) is 9.03 Å². The van der Waals surface area contributed by atoms with E-state index in [-0.39, 0.29) is 0 Å². The third-order valence-corrected chi connectivity index (χ3v) is 2.72. The summed E-state index contributed by atoms with van der Waals surface area (Å²) in [5.74, 6) is 0.851. The lowest BCUT2D eigenvalue weighted by Crippen LogP contribution is -1.96. The van der Waals surface area contributed by atoms with Crippen molar-refractivity contribution in [1.29, 1.82) is 0 Å². The average Bonchev–Trinajstić information content (AvgIpc) is 2.23. The van der Waals surface area contributed by atoms with Gasteiger partial charge in [-0.3, -0.25) is 0 Å². The second kappa shape index (κ2) is 6.81. The van der Waals surface area contributed by atoms with Gasteiger partial charge in [-0.05, 0) is 30.0 Å². The fraction of sp³-hybridized carbons (Fsp3) is 0.500. The summed E-state index contributed by atoms with van der Waals surface area (Å²) in [6.07, 6.45) is 4.35. The van der Waals surface area contributed by atoms with E-state index in [1.807, 2.05) is 12.1 Å². The van der Waals surface area contributed by atoms with E-state index < -0.39 is 9.03 Å². The normalized spacial score (nSPS) is 11.1. The molecule has 2 nitrogen and oxygen atoms in total. The zero-order chi connectivity index (χ0) is 11.1. The van der Waals surface area contributed by atoms with E-state index in [1.54, 1.807) is 0 Å². The zero-order valence-electron chi connectivity index (χ0n) is 9.42. The van der Waals surface area contributed by atoms with Crippen molar-refractivity contribution in [2.24, 2.45) is 0 Å². The van der Waals surface area contributed by atoms with Crippen LogP contribution in [0.4, 0.5) is 0 Å². The van der Waals surface area contributed by atoms with Gasteiger partial charge in [0.25, 0.3) is 0 Å². The highest BCUT2D eigenvalue weighted by molar-refractivity contribution is 7.25. The van der Waals surface area contributed by atoms with Crippen LogP contribution in [0.2, 0.25) is 0 Å². The van der Waals surface area contributed by atoms with Gasteiger partial charge in [0.1, 0.15) is 5.75 Å². The van der Waals surface area contributed by atoms with E-state index in [0.717, 1.165) is 31.4 Å². The molecule has 1 rings (SSSR count). The predicted octanol–water partition coefficient (Wildman–Crippen LogP) is 3.47. The van der Waals surface area contributed by atoms with Gasteiger partial charge in [-0.2, -0.15) is 0 Å². The summed E-state index contributed by atoms with van der Waals surface area (Å²) in [5, 5.41) is 0. The summed E-state index contributed by atoms with van der Waals surface area (Å²) >= 11 is 0. The lowest BCUT2D eigenvalue weighted by molar-refractivity contribution is 0.509. The highest BCUT2D eigenvalue weighted by atomic mass is 31.1. The first-order chi connectivity index (χ1) is 7.33. The van der Waals surface area contributed by atoms with Crippen molar-refractivity contribution >= 4 is 9.03 Å². The first-order valence-electron chi connectivity index (χ1n) is 5.50. The zero-order valence-corrected chi connectivity index (χ0v) is 10.4. The van der Waals surface area contributed by atoms with Gasteiger partial charge in [-0.1, -0.05) is 38.8 Å². The van der Waals surface area contributed by atoms with E-state index in [9.17, 15) is 0 Å². The number of rotatable bonds is 6. The van der Waals surface area contributed by atoms with Crippen LogP contribution in [0.25, 0.3) is 0 Å². The molecule has 15 heavy (non-hydrogen) atoms. The Morgan fingerprint density at radius 3 is 2.53 bits per heavy atom. The Bertz CT molecular complexity index is 275. The second-order valence-electron chi connectivity index (χ2n) is 3.59. The molecule has 1 N–H and O–H groups in total. The van der Waals surface area contributed by atoms with Gasteiger partial charge >= 0.3 is 0 Å². The van der Waals surface area contributed by atoms with E-state index in [1.165, 1.54) is 11.1 Å². The topological polar surface area (TPSA) is 29.5 Å². The molecule has 0 radical (unpaired) electrons. The molecule has 0 amide bonds. The molecule has 84 valence electrons. The van der Waals surface area contributed by atoms with Crippen LogP contribution >= 0.6 is 9.03 Å². The fourth-order valence-electron chi connectivity index (χ4n) is 1.79. The fourth-order valence-corrected chi connectivity index (χ4v) is 2.08. The van der Waals surface area contributed by atoms with Crippen molar-refractivity contribution in [2.45, 2.75) is 39.5 Å². The minimum atomic E-state index is -0.466. The predicted molar refractivity (Wildman–Crippen MR) is 65.6 cm³/mol. The first kappa shape index (κ1) is 12.5. The van der Waals surface area contributed by atoms with E-state index >= 15 is 0 Å². The Hall–Kier alpha value is -0.590. The van der Waals surface area contributed by atoms with Crippen LogP contribution in [0.15, 0.2) is 18.2 Å². The molecular formula is C12H19O2P. The summed E-state index contributed by atoms with van der Waals surface area (Å²) in [5.41, 5.74) is 2.62. The Morgan fingerprint density at radius 2 is 1.93 bits per heavy atom. The van der Waals surface area contributed by atoms with Crippen LogP contribution in [-0.2, 0) is 12.8 Å². The molecule has 0 aliphatic carbocycles. The average molecular weight is 226 g/mol. The monoisotopic (exact) mass is 226 g/mol. The van der Waals surface area contributed by atoms with E-state index in [4.69, 9.17) is 9.42 Å². The highest BCUT2D eigenvalue weighted by Crippen LogP contribution is 2.28. The standard InChI is InChI=1S/C12H19O2P/c1-3-6-10-8-5-9-12(14-15-13)11(10)7-4-2/h5,8-9,13,15H,3-4,6-7H2,1-2H3. The molecule has 0 saturated heterocycles. The molecule has 0 aliphatic heterocycles. The molecule has 1 aromatic carbocycles. The summed E-state index contributed by atoms with van der Waals surface area (Å²) in [7, 11) is -0.466. The third kappa shape index (κ3) is 3.48. The molecule has 0 spiro atoms. The van der Waals surface area contributed by atoms with Gasteiger partial charge in [0, 0.05) is 0 Å². The molecule has 0 bridgehead atoms. The minimum absolute atomic E-state index is 0.466. The van der Waals surface area contributed by atoms with Crippen molar-refractivity contribution < 1.29 is 9.42 Å². The molecular weight excluding hydrogens is 207 g/mol. The lowest BCUT2D eigenvalue weighted by Gasteiger charge is -2.13. The third-order valence-electron chi connectivity index (χ3n) is 2.40. The Kier molecular flexibility index (Phi) is 5.67. The maximum absolute atomic E-state index is 8.84. The molecule has 0 aliphatic rings. The summed E-state index contributed by atoms with van der Waals surface area (Å²) < 4.78 is 5.26. The molecule has 1 atom stereocenters. The van der Waals surface area contributed by atoms with Crippen LogP contribution in [0, 0.1) is 0 Å². The first-order valence-corrected chi connectivity index (χ1v) is 6.35. The van der Waals surface area contributed by atoms with Gasteiger partial charge in [-0.15, -0.1) is 0 Å². The summed E-state index contributed by atoms with van der Waals surface area (Å²) in [4.78, 5) is 8.84. The maximum Gasteiger partial charge on any atom is 0.212 e. The van der Waals surface area contributed by atoms with Crippen LogP contribution in [-0.4, -0.2) is 4.89 Å². The van der Waals surface area contributed by atoms with Crippen LogP contribution in [0.1, 0.15) is 37.8 Å². The number of aryl methyl sites for hydroxylation is 1. The quantitative estimate of drug-likeness (QED) is 0.752. The Balaban J connectivity index is 2.97. The molecule has 0 saturated carbocycles. The van der Waals surface area contributed by atoms with Crippen molar-refractivity contribution in [3.63, 3.8) is 0 Å². The molecule has 0 fully saturated rings. The molecule has 1 aromatic rings. The second-order valence-corrected chi connectivity index (χ2v) is 3.97. The Morgan fingerprint density at radius 1 is 1.20 bits per heavy atom. The molecule has 0 aromatic heterocycles. The van der Waals surface area contributed by atoms with Crippen LogP contribution < -0.4 is 4.52 Å². The molecule has 1 unspecified atom stereocenters. The maximum atomic E-state index is 8.84. The SMILES string of the molecule is CCCc1cccc(OPO)c1CCC. The lowest BCUT2D eigenvalue weighted by atomic mass is 9.99. The number of benzene rings is 1. The molecule has 0 heterocycles. The highest BCUT2D eigenvalue weighted by Gasteiger charge is 2.07. The van der Waals surface area contributed by atoms with Crippen molar-refractivity contribution in [3.8, 4) is 5.75 Å². The Labute approximate surface area is 93.6 Å². The summed E-state index contributed by atoms with van der Waals surface area (Å²) in [6.45, 7) is 4.34.